The summed E-state index contributed by atoms with van der Waals surface area (Å²) in [6.07, 6.45) is -0.500. The molecule has 5 rings (SSSR count). The second kappa shape index (κ2) is 10.3. The van der Waals surface area contributed by atoms with Crippen LogP contribution in [-0.2, 0) is 10.0 Å². The smallest absolute Gasteiger partial charge is 0.354 e. The van der Waals surface area contributed by atoms with Gasteiger partial charge in [0.25, 0.3) is 0 Å². The summed E-state index contributed by atoms with van der Waals surface area (Å²) in [5.74, 6) is -0.0524. The molecular weight excluding hydrogens is 572 g/mol. The molecule has 0 radical (unpaired) electrons. The van der Waals surface area contributed by atoms with Crippen LogP contribution in [0.25, 0.3) is 16.6 Å². The molecule has 14 heteroatoms. The molecule has 1 saturated carbocycles. The van der Waals surface area contributed by atoms with Crippen LogP contribution in [0.1, 0.15) is 49.9 Å². The van der Waals surface area contributed by atoms with Crippen molar-refractivity contribution in [3.63, 3.8) is 0 Å². The molecule has 4 N–H and O–H groups in total. The first-order chi connectivity index (χ1) is 18.8. The monoisotopic (exact) mass is 596 g/mol. The Bertz CT molecular complexity index is 1640. The first kappa shape index (κ1) is 28.2. The van der Waals surface area contributed by atoms with Crippen molar-refractivity contribution < 1.29 is 26.0 Å². The first-order valence-electron chi connectivity index (χ1n) is 12.4. The third kappa shape index (κ3) is 5.63. The fourth-order valence-corrected chi connectivity index (χ4v) is 5.58. The number of fused-ring (bicyclic) bond motifs is 1. The number of nitrogens with two attached hydrogens (primary N) is 1. The van der Waals surface area contributed by atoms with Crippen molar-refractivity contribution in [2.75, 3.05) is 10.6 Å². The SMILES string of the molecule is CCC(Nc1nc(NC2(C(F)(F)F)CC2)c2nc(C3=CCC(F)C=C3)ccc2n1)c1ccc(S(N)(=O)=O)c(Cl)c1. The zero-order valence-electron chi connectivity index (χ0n) is 21.1. The van der Waals surface area contributed by atoms with Crippen molar-refractivity contribution in [2.24, 2.45) is 5.14 Å². The normalized spacial score (nSPS) is 19.3. The Morgan fingerprint density at radius 1 is 1.18 bits per heavy atom. The Balaban J connectivity index is 1.54. The van der Waals surface area contributed by atoms with E-state index in [1.165, 1.54) is 24.3 Å². The van der Waals surface area contributed by atoms with Gasteiger partial charge in [-0.25, -0.2) is 27.9 Å². The highest BCUT2D eigenvalue weighted by Gasteiger charge is 2.64. The lowest BCUT2D eigenvalue weighted by molar-refractivity contribution is -0.151. The topological polar surface area (TPSA) is 123 Å². The van der Waals surface area contributed by atoms with Crippen molar-refractivity contribution in [3.8, 4) is 0 Å². The summed E-state index contributed by atoms with van der Waals surface area (Å²) >= 11 is 6.16. The van der Waals surface area contributed by atoms with Gasteiger partial charge in [0.2, 0.25) is 16.0 Å². The van der Waals surface area contributed by atoms with E-state index < -0.39 is 34.0 Å². The van der Waals surface area contributed by atoms with Gasteiger partial charge in [0, 0.05) is 6.42 Å². The largest absolute Gasteiger partial charge is 0.411 e. The van der Waals surface area contributed by atoms with E-state index in [-0.39, 0.29) is 46.5 Å². The molecule has 212 valence electrons. The minimum Gasteiger partial charge on any atom is -0.354 e. The molecular formula is C26H25ClF4N6O2S. The van der Waals surface area contributed by atoms with Gasteiger partial charge in [-0.15, -0.1) is 0 Å². The summed E-state index contributed by atoms with van der Waals surface area (Å²) in [6, 6.07) is 7.10. The van der Waals surface area contributed by atoms with Crippen molar-refractivity contribution >= 4 is 50.0 Å². The average molecular weight is 597 g/mol. The number of primary sulfonamides is 1. The van der Waals surface area contributed by atoms with E-state index in [0.29, 0.717) is 28.8 Å². The number of hydrogen-bond donors (Lipinski definition) is 3. The molecule has 3 aromatic rings. The average Bonchev–Trinajstić information content (AvgIpc) is 3.68. The second-order valence-electron chi connectivity index (χ2n) is 9.78. The van der Waals surface area contributed by atoms with Crippen LogP contribution in [0.2, 0.25) is 5.02 Å². The van der Waals surface area contributed by atoms with Gasteiger partial charge in [-0.05, 0) is 60.7 Å². The predicted molar refractivity (Wildman–Crippen MR) is 145 cm³/mol. The van der Waals surface area contributed by atoms with Crippen LogP contribution in [0.5, 0.6) is 0 Å². The number of nitrogens with zero attached hydrogens (tertiary/aromatic N) is 3. The number of sulfonamides is 1. The van der Waals surface area contributed by atoms with E-state index in [2.05, 4.69) is 25.6 Å². The minimum absolute atomic E-state index is 0.0399. The van der Waals surface area contributed by atoms with Crippen molar-refractivity contribution in [1.29, 1.82) is 0 Å². The molecule has 0 bridgehead atoms. The number of halogens is 5. The number of hydrogen-bond acceptors (Lipinski definition) is 7. The summed E-state index contributed by atoms with van der Waals surface area (Å²) in [5, 5.41) is 10.8. The van der Waals surface area contributed by atoms with Crippen LogP contribution in [0.15, 0.2) is 53.5 Å². The number of benzene rings is 1. The molecule has 0 spiro atoms. The maximum absolute atomic E-state index is 13.9. The number of pyridine rings is 1. The fourth-order valence-electron chi connectivity index (χ4n) is 4.48. The summed E-state index contributed by atoms with van der Waals surface area (Å²) < 4.78 is 78.6. The number of aromatic nitrogens is 3. The maximum atomic E-state index is 13.9. The summed E-state index contributed by atoms with van der Waals surface area (Å²) in [7, 11) is -4.02. The highest BCUT2D eigenvalue weighted by Crippen LogP contribution is 2.51. The molecule has 0 aliphatic heterocycles. The molecule has 8 nitrogen and oxygen atoms in total. The molecule has 2 aliphatic carbocycles. The van der Waals surface area contributed by atoms with Crippen LogP contribution < -0.4 is 15.8 Å². The van der Waals surface area contributed by atoms with Crippen LogP contribution >= 0.6 is 11.6 Å². The standard InChI is InChI=1S/C26H25ClF4N6O2S/c1-2-18(15-5-10-21(17(27)13-15)40(32,38)39)34-24-35-20-9-8-19(14-3-6-16(28)7-4-14)33-22(20)23(36-24)37-25(11-12-25)26(29,30)31/h3-6,8-10,13,16,18H,2,7,11-12H2,1H3,(H2,32,38,39)(H2,34,35,36,37). The minimum atomic E-state index is -4.51. The molecule has 2 aliphatic rings. The molecule has 40 heavy (non-hydrogen) atoms. The fraction of sp³-hybridized carbons (Fsp3) is 0.346. The number of allylic oxidation sites excluding steroid dienone is 4. The van der Waals surface area contributed by atoms with Crippen LogP contribution in [0.3, 0.4) is 0 Å². The Hall–Kier alpha value is -3.29. The molecule has 1 fully saturated rings. The van der Waals surface area contributed by atoms with Gasteiger partial charge in [0.15, 0.2) is 5.82 Å². The van der Waals surface area contributed by atoms with Crippen molar-refractivity contribution in [1.82, 2.24) is 15.0 Å². The molecule has 2 atom stereocenters. The van der Waals surface area contributed by atoms with Gasteiger partial charge in [-0.1, -0.05) is 36.7 Å². The molecule has 0 amide bonds. The Labute approximate surface area is 232 Å². The quantitative estimate of drug-likeness (QED) is 0.269. The lowest BCUT2D eigenvalue weighted by Crippen LogP contribution is -2.39. The number of alkyl halides is 4. The third-order valence-corrected chi connectivity index (χ3v) is 8.31. The Kier molecular flexibility index (Phi) is 7.26. The number of nitrogens with one attached hydrogen (secondary N) is 2. The van der Waals surface area contributed by atoms with E-state index in [1.807, 2.05) is 6.92 Å². The summed E-state index contributed by atoms with van der Waals surface area (Å²) in [6.45, 7) is 1.85. The van der Waals surface area contributed by atoms with Crippen molar-refractivity contribution in [2.45, 2.75) is 61.4 Å². The maximum Gasteiger partial charge on any atom is 0.411 e. The van der Waals surface area contributed by atoms with Gasteiger partial charge in [0.05, 0.1) is 22.3 Å². The van der Waals surface area contributed by atoms with Gasteiger partial charge in [-0.3, -0.25) is 0 Å². The molecule has 2 heterocycles. The summed E-state index contributed by atoms with van der Waals surface area (Å²) in [4.78, 5) is 13.2. The van der Waals surface area contributed by atoms with E-state index in [4.69, 9.17) is 16.7 Å². The third-order valence-electron chi connectivity index (χ3n) is 6.91. The summed E-state index contributed by atoms with van der Waals surface area (Å²) in [5.41, 5.74) is 0.0211. The Morgan fingerprint density at radius 2 is 1.93 bits per heavy atom. The van der Waals surface area contributed by atoms with Gasteiger partial charge >= 0.3 is 6.18 Å². The van der Waals surface area contributed by atoms with Gasteiger partial charge in [0.1, 0.15) is 22.1 Å². The van der Waals surface area contributed by atoms with Crippen molar-refractivity contribution in [3.05, 3.63) is 64.8 Å². The molecule has 2 aromatic heterocycles. The zero-order valence-corrected chi connectivity index (χ0v) is 22.7. The van der Waals surface area contributed by atoms with E-state index in [9.17, 15) is 26.0 Å². The lowest BCUT2D eigenvalue weighted by Gasteiger charge is -2.23. The van der Waals surface area contributed by atoms with Crippen LogP contribution in [0, 0.1) is 0 Å². The highest BCUT2D eigenvalue weighted by atomic mass is 35.5. The predicted octanol–water partition coefficient (Wildman–Crippen LogP) is 6.08. The van der Waals surface area contributed by atoms with E-state index >= 15 is 0 Å². The molecule has 2 unspecified atom stereocenters. The van der Waals surface area contributed by atoms with Crippen LogP contribution in [0.4, 0.5) is 29.3 Å². The lowest BCUT2D eigenvalue weighted by atomic mass is 10.0. The highest BCUT2D eigenvalue weighted by molar-refractivity contribution is 7.89. The first-order valence-corrected chi connectivity index (χ1v) is 14.4. The zero-order chi connectivity index (χ0) is 28.9. The number of rotatable bonds is 8. The van der Waals surface area contributed by atoms with Gasteiger partial charge < -0.3 is 10.6 Å². The van der Waals surface area contributed by atoms with Gasteiger partial charge in [-0.2, -0.15) is 18.2 Å². The Morgan fingerprint density at radius 3 is 2.50 bits per heavy atom. The molecule has 1 aromatic carbocycles. The number of anilines is 2. The second-order valence-corrected chi connectivity index (χ2v) is 11.7. The van der Waals surface area contributed by atoms with E-state index in [1.54, 1.807) is 24.3 Å². The molecule has 0 saturated heterocycles. The van der Waals surface area contributed by atoms with E-state index in [0.717, 1.165) is 0 Å². The van der Waals surface area contributed by atoms with Crippen LogP contribution in [-0.4, -0.2) is 41.3 Å².